The second-order valence-corrected chi connectivity index (χ2v) is 4.54. The van der Waals surface area contributed by atoms with E-state index in [4.69, 9.17) is 0 Å². The van der Waals surface area contributed by atoms with Gasteiger partial charge in [-0.15, -0.1) is 0 Å². The lowest BCUT2D eigenvalue weighted by atomic mass is 10.1. The third-order valence-electron chi connectivity index (χ3n) is 2.43. The molecule has 4 heteroatoms. The first-order chi connectivity index (χ1) is 8.19. The minimum Gasteiger partial charge on any atom is -0.340 e. The van der Waals surface area contributed by atoms with Crippen LogP contribution in [-0.2, 0) is 6.42 Å². The number of halogens is 2. The van der Waals surface area contributed by atoms with Crippen molar-refractivity contribution in [2.75, 3.05) is 5.32 Å². The number of nitrogens with one attached hydrogen (secondary N) is 1. The second kappa shape index (κ2) is 5.27. The quantitative estimate of drug-likeness (QED) is 0.854. The molecule has 0 spiro atoms. The van der Waals surface area contributed by atoms with E-state index in [0.717, 1.165) is 22.1 Å². The van der Waals surface area contributed by atoms with Gasteiger partial charge in [-0.05, 0) is 42.3 Å². The molecule has 1 N–H and O–H groups in total. The number of hydrogen-bond donors (Lipinski definition) is 1. The summed E-state index contributed by atoms with van der Waals surface area (Å²) in [5.74, 6) is 0.0344. The lowest BCUT2D eigenvalue weighted by Gasteiger charge is -2.10. The molecule has 0 aliphatic carbocycles. The Labute approximate surface area is 108 Å². The molecule has 88 valence electrons. The van der Waals surface area contributed by atoms with Gasteiger partial charge in [0.15, 0.2) is 0 Å². The van der Waals surface area contributed by atoms with Crippen molar-refractivity contribution in [3.8, 4) is 0 Å². The van der Waals surface area contributed by atoms with E-state index in [2.05, 4.69) is 33.2 Å². The van der Waals surface area contributed by atoms with Gasteiger partial charge in [-0.1, -0.05) is 28.9 Å². The number of nitrogens with zero attached hydrogens (tertiary/aromatic N) is 1. The molecule has 1 aromatic heterocycles. The summed E-state index contributed by atoms with van der Waals surface area (Å²) in [5, 5.41) is 3.12. The smallest absolute Gasteiger partial charge is 0.214 e. The third-order valence-corrected chi connectivity index (χ3v) is 2.92. The van der Waals surface area contributed by atoms with Gasteiger partial charge < -0.3 is 5.32 Å². The molecule has 0 saturated carbocycles. The van der Waals surface area contributed by atoms with Gasteiger partial charge in [0.1, 0.15) is 5.82 Å². The van der Waals surface area contributed by atoms with Crippen LogP contribution in [0.1, 0.15) is 12.5 Å². The molecule has 0 bridgehead atoms. The highest BCUT2D eigenvalue weighted by atomic mass is 79.9. The minimum absolute atomic E-state index is 0.481. The van der Waals surface area contributed by atoms with Gasteiger partial charge in [0.05, 0.1) is 0 Å². The van der Waals surface area contributed by atoms with Crippen LogP contribution in [0, 0.1) is 5.95 Å². The standard InChI is InChI=1S/C13H12BrFN2/c1-2-9-8-10(14)6-7-11(9)16-13-5-3-4-12(15)17-13/h3-8H,2H2,1H3,(H,16,17). The topological polar surface area (TPSA) is 24.9 Å². The zero-order valence-corrected chi connectivity index (χ0v) is 11.0. The van der Waals surface area contributed by atoms with E-state index in [0.29, 0.717) is 5.82 Å². The average Bonchev–Trinajstić information content (AvgIpc) is 2.31. The predicted octanol–water partition coefficient (Wildman–Crippen LogP) is 4.29. The molecule has 1 heterocycles. The van der Waals surface area contributed by atoms with E-state index in [1.807, 2.05) is 18.2 Å². The molecular weight excluding hydrogens is 283 g/mol. The molecule has 0 unspecified atom stereocenters. The molecule has 0 radical (unpaired) electrons. The fourth-order valence-electron chi connectivity index (χ4n) is 1.59. The van der Waals surface area contributed by atoms with Crippen molar-refractivity contribution in [1.29, 1.82) is 0 Å². The molecule has 2 aromatic rings. The number of aryl methyl sites for hydroxylation is 1. The maximum Gasteiger partial charge on any atom is 0.214 e. The van der Waals surface area contributed by atoms with Crippen molar-refractivity contribution >= 4 is 27.4 Å². The summed E-state index contributed by atoms with van der Waals surface area (Å²) in [6, 6.07) is 10.6. The molecule has 2 rings (SSSR count). The van der Waals surface area contributed by atoms with Crippen molar-refractivity contribution in [1.82, 2.24) is 4.98 Å². The van der Waals surface area contributed by atoms with Gasteiger partial charge in [0.25, 0.3) is 0 Å². The largest absolute Gasteiger partial charge is 0.340 e. The fraction of sp³-hybridized carbons (Fsp3) is 0.154. The summed E-state index contributed by atoms with van der Waals surface area (Å²) < 4.78 is 14.0. The van der Waals surface area contributed by atoms with Crippen LogP contribution in [0.4, 0.5) is 15.9 Å². The van der Waals surface area contributed by atoms with Gasteiger partial charge in [-0.2, -0.15) is 4.39 Å². The van der Waals surface area contributed by atoms with E-state index < -0.39 is 5.95 Å². The predicted molar refractivity (Wildman–Crippen MR) is 71.0 cm³/mol. The first-order valence-corrected chi connectivity index (χ1v) is 6.16. The second-order valence-electron chi connectivity index (χ2n) is 3.63. The average molecular weight is 295 g/mol. The Morgan fingerprint density at radius 3 is 2.82 bits per heavy atom. The Morgan fingerprint density at radius 2 is 2.12 bits per heavy atom. The summed E-state index contributed by atoms with van der Waals surface area (Å²) >= 11 is 3.43. The molecule has 0 fully saturated rings. The summed E-state index contributed by atoms with van der Waals surface area (Å²) in [5.41, 5.74) is 2.11. The number of rotatable bonds is 3. The molecule has 1 aromatic carbocycles. The Morgan fingerprint density at radius 1 is 1.29 bits per heavy atom. The molecular formula is C13H12BrFN2. The van der Waals surface area contributed by atoms with Gasteiger partial charge in [-0.25, -0.2) is 4.98 Å². The third kappa shape index (κ3) is 3.03. The number of hydrogen-bond acceptors (Lipinski definition) is 2. The zero-order valence-electron chi connectivity index (χ0n) is 9.37. The van der Waals surface area contributed by atoms with Crippen LogP contribution in [0.2, 0.25) is 0 Å². The molecule has 0 aliphatic rings. The Balaban J connectivity index is 2.29. The van der Waals surface area contributed by atoms with E-state index in [-0.39, 0.29) is 0 Å². The monoisotopic (exact) mass is 294 g/mol. The highest BCUT2D eigenvalue weighted by Gasteiger charge is 2.03. The minimum atomic E-state index is -0.481. The summed E-state index contributed by atoms with van der Waals surface area (Å²) in [6.45, 7) is 2.08. The van der Waals surface area contributed by atoms with Crippen molar-refractivity contribution in [2.24, 2.45) is 0 Å². The molecule has 0 amide bonds. The SMILES string of the molecule is CCc1cc(Br)ccc1Nc1cccc(F)n1. The highest BCUT2D eigenvalue weighted by molar-refractivity contribution is 9.10. The van der Waals surface area contributed by atoms with Crippen LogP contribution in [-0.4, -0.2) is 4.98 Å². The lowest BCUT2D eigenvalue weighted by Crippen LogP contribution is -1.98. The normalized spacial score (nSPS) is 10.3. The van der Waals surface area contributed by atoms with Crippen molar-refractivity contribution in [2.45, 2.75) is 13.3 Å². The van der Waals surface area contributed by atoms with Crippen LogP contribution >= 0.6 is 15.9 Å². The Hall–Kier alpha value is -1.42. The molecule has 0 aliphatic heterocycles. The van der Waals surface area contributed by atoms with Gasteiger partial charge in [0, 0.05) is 10.2 Å². The fourth-order valence-corrected chi connectivity index (χ4v) is 2.00. The maximum absolute atomic E-state index is 13.0. The zero-order chi connectivity index (χ0) is 12.3. The Bertz CT molecular complexity index is 529. The maximum atomic E-state index is 13.0. The van der Waals surface area contributed by atoms with Crippen molar-refractivity contribution in [3.63, 3.8) is 0 Å². The lowest BCUT2D eigenvalue weighted by molar-refractivity contribution is 0.585. The van der Waals surface area contributed by atoms with E-state index in [9.17, 15) is 4.39 Å². The van der Waals surface area contributed by atoms with Gasteiger partial charge in [-0.3, -0.25) is 0 Å². The van der Waals surface area contributed by atoms with Crippen LogP contribution in [0.15, 0.2) is 40.9 Å². The van der Waals surface area contributed by atoms with E-state index >= 15 is 0 Å². The van der Waals surface area contributed by atoms with Gasteiger partial charge in [0.2, 0.25) is 5.95 Å². The molecule has 17 heavy (non-hydrogen) atoms. The number of benzene rings is 1. The molecule has 2 nitrogen and oxygen atoms in total. The summed E-state index contributed by atoms with van der Waals surface area (Å²) in [7, 11) is 0. The van der Waals surface area contributed by atoms with Crippen LogP contribution < -0.4 is 5.32 Å². The number of pyridine rings is 1. The van der Waals surface area contributed by atoms with Gasteiger partial charge >= 0.3 is 0 Å². The summed E-state index contributed by atoms with van der Waals surface area (Å²) in [6.07, 6.45) is 0.900. The van der Waals surface area contributed by atoms with Crippen molar-refractivity contribution < 1.29 is 4.39 Å². The highest BCUT2D eigenvalue weighted by Crippen LogP contribution is 2.24. The van der Waals surface area contributed by atoms with Crippen LogP contribution in [0.3, 0.4) is 0 Å². The van der Waals surface area contributed by atoms with Crippen LogP contribution in [0.25, 0.3) is 0 Å². The molecule has 0 saturated heterocycles. The first-order valence-electron chi connectivity index (χ1n) is 5.37. The number of aromatic nitrogens is 1. The van der Waals surface area contributed by atoms with E-state index in [1.165, 1.54) is 6.07 Å². The van der Waals surface area contributed by atoms with Crippen LogP contribution in [0.5, 0.6) is 0 Å². The van der Waals surface area contributed by atoms with E-state index in [1.54, 1.807) is 12.1 Å². The summed E-state index contributed by atoms with van der Waals surface area (Å²) in [4.78, 5) is 3.78. The molecule has 0 atom stereocenters. The Kier molecular flexibility index (Phi) is 3.74. The first kappa shape index (κ1) is 12.0. The van der Waals surface area contributed by atoms with Crippen molar-refractivity contribution in [3.05, 3.63) is 52.4 Å². The number of anilines is 2.